The van der Waals surface area contributed by atoms with Crippen molar-refractivity contribution in [1.29, 1.82) is 0 Å². The van der Waals surface area contributed by atoms with Crippen molar-refractivity contribution in [3.8, 4) is 5.75 Å². The number of nitrogens with one attached hydrogen (secondary N) is 1. The molecular formula is C21H20N2O4S. The third kappa shape index (κ3) is 3.41. The van der Waals surface area contributed by atoms with Gasteiger partial charge in [-0.2, -0.15) is 0 Å². The van der Waals surface area contributed by atoms with Gasteiger partial charge in [-0.05, 0) is 42.0 Å². The summed E-state index contributed by atoms with van der Waals surface area (Å²) in [5.74, 6) is -0.0640. The summed E-state index contributed by atoms with van der Waals surface area (Å²) >= 11 is 0. The van der Waals surface area contributed by atoms with E-state index >= 15 is 0 Å². The molecule has 28 heavy (non-hydrogen) atoms. The minimum absolute atomic E-state index is 0.0552. The number of nitrogens with zero attached hydrogens (tertiary/aromatic N) is 1. The molecule has 1 aliphatic heterocycles. The molecule has 7 heteroatoms. The maximum atomic E-state index is 12.8. The van der Waals surface area contributed by atoms with Crippen LogP contribution in [-0.4, -0.2) is 32.7 Å². The predicted molar refractivity (Wildman–Crippen MR) is 110 cm³/mol. The number of anilines is 2. The second-order valence-corrected chi connectivity index (χ2v) is 8.74. The quantitative estimate of drug-likeness (QED) is 0.733. The summed E-state index contributed by atoms with van der Waals surface area (Å²) in [7, 11) is -3.53. The average Bonchev–Trinajstić information content (AvgIpc) is 2.72. The van der Waals surface area contributed by atoms with E-state index in [9.17, 15) is 13.2 Å². The van der Waals surface area contributed by atoms with E-state index in [2.05, 4.69) is 5.32 Å². The Bertz CT molecular complexity index is 1140. The summed E-state index contributed by atoms with van der Waals surface area (Å²) in [6.45, 7) is 1.52. The molecule has 4 rings (SSSR count). The fourth-order valence-corrected chi connectivity index (χ4v) is 4.37. The van der Waals surface area contributed by atoms with Gasteiger partial charge in [-0.25, -0.2) is 8.42 Å². The second kappa shape index (κ2) is 7.16. The number of hydrogen-bond donors (Lipinski definition) is 1. The molecule has 3 aromatic rings. The number of benzene rings is 3. The fourth-order valence-electron chi connectivity index (χ4n) is 3.25. The van der Waals surface area contributed by atoms with Crippen LogP contribution in [0.2, 0.25) is 0 Å². The van der Waals surface area contributed by atoms with Crippen LogP contribution in [0.5, 0.6) is 5.75 Å². The normalized spacial score (nSPS) is 16.3. The van der Waals surface area contributed by atoms with Crippen LogP contribution in [0.1, 0.15) is 6.92 Å². The Hall–Kier alpha value is -3.06. The molecule has 1 unspecified atom stereocenters. The van der Waals surface area contributed by atoms with Gasteiger partial charge in [0, 0.05) is 5.69 Å². The van der Waals surface area contributed by atoms with Crippen LogP contribution in [0.25, 0.3) is 10.8 Å². The second-order valence-electron chi connectivity index (χ2n) is 6.56. The van der Waals surface area contributed by atoms with Crippen molar-refractivity contribution in [2.45, 2.75) is 13.0 Å². The minimum Gasteiger partial charge on any atom is -0.476 e. The van der Waals surface area contributed by atoms with Crippen LogP contribution >= 0.6 is 0 Å². The Morgan fingerprint density at radius 2 is 1.79 bits per heavy atom. The number of rotatable bonds is 4. The number of para-hydroxylation sites is 2. The van der Waals surface area contributed by atoms with Gasteiger partial charge in [0.05, 0.1) is 18.0 Å². The summed E-state index contributed by atoms with van der Waals surface area (Å²) in [6.07, 6.45) is -0.942. The molecule has 0 aromatic heterocycles. The van der Waals surface area contributed by atoms with Crippen LogP contribution in [0.4, 0.5) is 11.4 Å². The number of amides is 1. The number of carbonyl (C=O) groups is 1. The smallest absolute Gasteiger partial charge is 0.267 e. The van der Waals surface area contributed by atoms with Crippen molar-refractivity contribution in [2.24, 2.45) is 0 Å². The lowest BCUT2D eigenvalue weighted by Crippen LogP contribution is -2.49. The molecule has 3 aromatic carbocycles. The number of fused-ring (bicyclic) bond motifs is 2. The van der Waals surface area contributed by atoms with E-state index in [4.69, 9.17) is 4.74 Å². The van der Waals surface area contributed by atoms with Crippen molar-refractivity contribution in [1.82, 2.24) is 0 Å². The van der Waals surface area contributed by atoms with Gasteiger partial charge in [0.2, 0.25) is 10.0 Å². The lowest BCUT2D eigenvalue weighted by Gasteiger charge is -2.34. The number of carbonyl (C=O) groups excluding carboxylic acids is 1. The van der Waals surface area contributed by atoms with Crippen molar-refractivity contribution in [3.05, 3.63) is 66.7 Å². The number of hydrogen-bond acceptors (Lipinski definition) is 4. The number of ether oxygens (including phenoxy) is 1. The van der Waals surface area contributed by atoms with E-state index in [1.54, 1.807) is 31.2 Å². The van der Waals surface area contributed by atoms with Crippen molar-refractivity contribution < 1.29 is 17.9 Å². The van der Waals surface area contributed by atoms with Gasteiger partial charge in [0.1, 0.15) is 5.75 Å². The fraction of sp³-hybridized carbons (Fsp3) is 0.190. The SMILES string of the molecule is CCS(=O)(=O)N1CC(C(=O)Nc2ccc3ccccc3c2)Oc2ccccc21. The topological polar surface area (TPSA) is 75.7 Å². The summed E-state index contributed by atoms with van der Waals surface area (Å²) in [4.78, 5) is 12.8. The highest BCUT2D eigenvalue weighted by atomic mass is 32.2. The molecule has 1 atom stereocenters. The van der Waals surface area contributed by atoms with E-state index < -0.39 is 16.1 Å². The molecule has 0 fully saturated rings. The standard InChI is InChI=1S/C21H20N2O4S/c1-2-28(25,26)23-14-20(27-19-10-6-5-9-18(19)23)21(24)22-17-12-11-15-7-3-4-8-16(15)13-17/h3-13,20H,2,14H2,1H3,(H,22,24). The average molecular weight is 396 g/mol. The van der Waals surface area contributed by atoms with Gasteiger partial charge in [-0.15, -0.1) is 0 Å². The zero-order chi connectivity index (χ0) is 19.7. The first-order valence-electron chi connectivity index (χ1n) is 9.04. The Labute approximate surface area is 163 Å². The maximum absolute atomic E-state index is 12.8. The zero-order valence-corrected chi connectivity index (χ0v) is 16.1. The Kier molecular flexibility index (Phi) is 4.68. The molecule has 6 nitrogen and oxygen atoms in total. The molecule has 1 amide bonds. The van der Waals surface area contributed by atoms with Crippen molar-refractivity contribution in [2.75, 3.05) is 21.9 Å². The zero-order valence-electron chi connectivity index (χ0n) is 15.3. The molecule has 0 saturated heterocycles. The molecule has 0 saturated carbocycles. The predicted octanol–water partition coefficient (Wildman–Crippen LogP) is 3.40. The highest BCUT2D eigenvalue weighted by Crippen LogP contribution is 2.35. The lowest BCUT2D eigenvalue weighted by molar-refractivity contribution is -0.122. The molecule has 0 radical (unpaired) electrons. The number of sulfonamides is 1. The van der Waals surface area contributed by atoms with Crippen LogP contribution in [0.15, 0.2) is 66.7 Å². The van der Waals surface area contributed by atoms with Crippen LogP contribution in [0.3, 0.4) is 0 Å². The third-order valence-electron chi connectivity index (χ3n) is 4.74. The first-order chi connectivity index (χ1) is 13.5. The van der Waals surface area contributed by atoms with E-state index in [1.807, 2.05) is 42.5 Å². The third-order valence-corrected chi connectivity index (χ3v) is 6.49. The molecule has 1 aliphatic rings. The summed E-state index contributed by atoms with van der Waals surface area (Å²) in [5.41, 5.74) is 1.09. The van der Waals surface area contributed by atoms with Gasteiger partial charge in [-0.3, -0.25) is 9.10 Å². The van der Waals surface area contributed by atoms with Gasteiger partial charge in [0.15, 0.2) is 6.10 Å². The van der Waals surface area contributed by atoms with Crippen molar-refractivity contribution in [3.63, 3.8) is 0 Å². The highest BCUT2D eigenvalue weighted by molar-refractivity contribution is 7.92. The summed E-state index contributed by atoms with van der Waals surface area (Å²) in [5, 5.41) is 4.92. The van der Waals surface area contributed by atoms with Crippen LogP contribution in [-0.2, 0) is 14.8 Å². The lowest BCUT2D eigenvalue weighted by atomic mass is 10.1. The summed E-state index contributed by atoms with van der Waals surface area (Å²) < 4.78 is 32.1. The van der Waals surface area contributed by atoms with Crippen LogP contribution < -0.4 is 14.4 Å². The Balaban J connectivity index is 1.60. The molecule has 0 bridgehead atoms. The minimum atomic E-state index is -3.53. The molecule has 0 spiro atoms. The first-order valence-corrected chi connectivity index (χ1v) is 10.6. The highest BCUT2D eigenvalue weighted by Gasteiger charge is 2.35. The van der Waals surface area contributed by atoms with E-state index in [1.165, 1.54) is 4.31 Å². The van der Waals surface area contributed by atoms with E-state index in [0.29, 0.717) is 17.1 Å². The largest absolute Gasteiger partial charge is 0.476 e. The molecular weight excluding hydrogens is 376 g/mol. The molecule has 1 heterocycles. The molecule has 144 valence electrons. The van der Waals surface area contributed by atoms with Gasteiger partial charge in [-0.1, -0.05) is 42.5 Å². The van der Waals surface area contributed by atoms with Crippen LogP contribution in [0, 0.1) is 0 Å². The molecule has 1 N–H and O–H groups in total. The maximum Gasteiger partial charge on any atom is 0.267 e. The molecule has 0 aliphatic carbocycles. The van der Waals surface area contributed by atoms with Crippen molar-refractivity contribution >= 4 is 38.1 Å². The summed E-state index contributed by atoms with van der Waals surface area (Å²) in [6, 6.07) is 20.3. The Morgan fingerprint density at radius 1 is 1.07 bits per heavy atom. The monoisotopic (exact) mass is 396 g/mol. The Morgan fingerprint density at radius 3 is 2.57 bits per heavy atom. The van der Waals surface area contributed by atoms with Gasteiger partial charge < -0.3 is 10.1 Å². The van der Waals surface area contributed by atoms with E-state index in [0.717, 1.165) is 10.8 Å². The first kappa shape index (κ1) is 18.3. The van der Waals surface area contributed by atoms with Gasteiger partial charge in [0.25, 0.3) is 5.91 Å². The van der Waals surface area contributed by atoms with Gasteiger partial charge >= 0.3 is 0 Å². The van der Waals surface area contributed by atoms with E-state index in [-0.39, 0.29) is 18.2 Å².